The van der Waals surface area contributed by atoms with Crippen LogP contribution in [0.2, 0.25) is 0 Å². The first-order valence-corrected chi connectivity index (χ1v) is 4.47. The van der Waals surface area contributed by atoms with Crippen molar-refractivity contribution >= 4 is 23.3 Å². The summed E-state index contributed by atoms with van der Waals surface area (Å²) in [7, 11) is 0. The molecule has 5 nitrogen and oxygen atoms in total. The number of aliphatic carboxylic acids is 1. The Bertz CT molecular complexity index is 212. The zero-order valence-electron chi connectivity index (χ0n) is 7.41. The van der Waals surface area contributed by atoms with E-state index in [1.807, 2.05) is 4.90 Å². The van der Waals surface area contributed by atoms with E-state index in [4.69, 9.17) is 17.3 Å². The molecule has 1 aliphatic rings. The van der Waals surface area contributed by atoms with E-state index in [-0.39, 0.29) is 5.92 Å². The minimum atomic E-state index is -0.770. The molecule has 1 atom stereocenters. The van der Waals surface area contributed by atoms with Crippen LogP contribution in [0, 0.1) is 5.92 Å². The highest BCUT2D eigenvalue weighted by Gasteiger charge is 2.18. The summed E-state index contributed by atoms with van der Waals surface area (Å²) in [6.45, 7) is 3.44. The highest BCUT2D eigenvalue weighted by molar-refractivity contribution is 7.80. The summed E-state index contributed by atoms with van der Waals surface area (Å²) in [6, 6.07) is 0. The van der Waals surface area contributed by atoms with Crippen LogP contribution in [0.3, 0.4) is 0 Å². The number of hydrogen-bond donors (Lipinski definition) is 3. The molecule has 1 rings (SSSR count). The van der Waals surface area contributed by atoms with E-state index in [0.29, 0.717) is 25.0 Å². The lowest BCUT2D eigenvalue weighted by atomic mass is 10.2. The fourth-order valence-electron chi connectivity index (χ4n) is 1.08. The van der Waals surface area contributed by atoms with Crippen LogP contribution in [-0.4, -0.2) is 41.0 Å². The first kappa shape index (κ1) is 10.2. The molecule has 1 unspecified atom stereocenters. The van der Waals surface area contributed by atoms with Gasteiger partial charge in [-0.15, -0.1) is 0 Å². The largest absolute Gasteiger partial charge is 0.481 e. The highest BCUT2D eigenvalue weighted by atomic mass is 32.1. The van der Waals surface area contributed by atoms with E-state index in [1.165, 1.54) is 0 Å². The zero-order valence-corrected chi connectivity index (χ0v) is 8.23. The number of nitrogens with one attached hydrogen (secondary N) is 2. The first-order valence-electron chi connectivity index (χ1n) is 4.06. The molecular formula is C7H13N3O2S. The van der Waals surface area contributed by atoms with Gasteiger partial charge in [-0.2, -0.15) is 0 Å². The molecule has 0 aliphatic carbocycles. The van der Waals surface area contributed by atoms with E-state index in [2.05, 4.69) is 10.6 Å². The van der Waals surface area contributed by atoms with Crippen LogP contribution in [0.1, 0.15) is 6.92 Å². The lowest BCUT2D eigenvalue weighted by molar-refractivity contribution is -0.141. The SMILES string of the molecule is CC(CN1CNC(=S)NC1)C(=O)O. The fraction of sp³-hybridized carbons (Fsp3) is 0.714. The van der Waals surface area contributed by atoms with Gasteiger partial charge in [0.1, 0.15) is 0 Å². The van der Waals surface area contributed by atoms with Crippen LogP contribution in [0.15, 0.2) is 0 Å². The third-order valence-corrected chi connectivity index (χ3v) is 2.17. The molecule has 74 valence electrons. The predicted molar refractivity (Wildman–Crippen MR) is 52.1 cm³/mol. The topological polar surface area (TPSA) is 64.6 Å². The van der Waals surface area contributed by atoms with Crippen LogP contribution in [0.5, 0.6) is 0 Å². The summed E-state index contributed by atoms with van der Waals surface area (Å²) in [4.78, 5) is 12.5. The first-order chi connectivity index (χ1) is 6.09. The molecule has 1 aliphatic heterocycles. The zero-order chi connectivity index (χ0) is 9.84. The summed E-state index contributed by atoms with van der Waals surface area (Å²) in [5.74, 6) is -1.12. The standard InChI is InChI=1S/C7H13N3O2S/c1-5(6(11)12)2-10-3-8-7(13)9-4-10/h5H,2-4H2,1H3,(H,11,12)(H2,8,9,13). The van der Waals surface area contributed by atoms with Gasteiger partial charge in [0, 0.05) is 6.54 Å². The molecular weight excluding hydrogens is 190 g/mol. The number of nitrogens with zero attached hydrogens (tertiary/aromatic N) is 1. The van der Waals surface area contributed by atoms with Gasteiger partial charge < -0.3 is 15.7 Å². The van der Waals surface area contributed by atoms with Crippen molar-refractivity contribution in [3.63, 3.8) is 0 Å². The van der Waals surface area contributed by atoms with E-state index in [1.54, 1.807) is 6.92 Å². The van der Waals surface area contributed by atoms with Gasteiger partial charge in [0.15, 0.2) is 5.11 Å². The fourth-order valence-corrected chi connectivity index (χ4v) is 1.21. The molecule has 1 fully saturated rings. The van der Waals surface area contributed by atoms with E-state index < -0.39 is 5.97 Å². The highest BCUT2D eigenvalue weighted by Crippen LogP contribution is 1.99. The van der Waals surface area contributed by atoms with Crippen LogP contribution >= 0.6 is 12.2 Å². The van der Waals surface area contributed by atoms with Gasteiger partial charge >= 0.3 is 5.97 Å². The van der Waals surface area contributed by atoms with Gasteiger partial charge in [0.25, 0.3) is 0 Å². The van der Waals surface area contributed by atoms with Crippen molar-refractivity contribution in [3.8, 4) is 0 Å². The molecule has 0 saturated carbocycles. The third-order valence-electron chi connectivity index (χ3n) is 1.88. The minimum absolute atomic E-state index is 0.352. The van der Waals surface area contributed by atoms with Crippen LogP contribution in [0.4, 0.5) is 0 Å². The van der Waals surface area contributed by atoms with Crippen LogP contribution < -0.4 is 10.6 Å². The molecule has 0 bridgehead atoms. The second-order valence-corrected chi connectivity index (χ2v) is 3.50. The summed E-state index contributed by atoms with van der Waals surface area (Å²) < 4.78 is 0. The molecule has 1 heterocycles. The summed E-state index contributed by atoms with van der Waals surface area (Å²) >= 11 is 4.86. The Morgan fingerprint density at radius 1 is 1.69 bits per heavy atom. The molecule has 13 heavy (non-hydrogen) atoms. The maximum absolute atomic E-state index is 10.5. The van der Waals surface area contributed by atoms with Crippen LogP contribution in [-0.2, 0) is 4.79 Å². The summed E-state index contributed by atoms with van der Waals surface area (Å²) in [5, 5.41) is 15.2. The Kier molecular flexibility index (Phi) is 3.44. The molecule has 6 heteroatoms. The van der Waals surface area contributed by atoms with Crippen molar-refractivity contribution in [2.45, 2.75) is 6.92 Å². The van der Waals surface area contributed by atoms with Gasteiger partial charge in [-0.3, -0.25) is 9.69 Å². The maximum Gasteiger partial charge on any atom is 0.307 e. The quantitative estimate of drug-likeness (QED) is 0.532. The van der Waals surface area contributed by atoms with Crippen molar-refractivity contribution in [3.05, 3.63) is 0 Å². The maximum atomic E-state index is 10.5. The average Bonchev–Trinajstić information content (AvgIpc) is 2.08. The third kappa shape index (κ3) is 3.16. The van der Waals surface area contributed by atoms with Gasteiger partial charge in [0.05, 0.1) is 19.3 Å². The van der Waals surface area contributed by atoms with Gasteiger partial charge in [-0.25, -0.2) is 0 Å². The Balaban J connectivity index is 2.30. The predicted octanol–water partition coefficient (Wildman–Crippen LogP) is -0.598. The molecule has 0 spiro atoms. The van der Waals surface area contributed by atoms with Crippen molar-refractivity contribution in [2.24, 2.45) is 5.92 Å². The van der Waals surface area contributed by atoms with E-state index in [9.17, 15) is 4.79 Å². The van der Waals surface area contributed by atoms with Crippen LogP contribution in [0.25, 0.3) is 0 Å². The summed E-state index contributed by atoms with van der Waals surface area (Å²) in [6.07, 6.45) is 0. The molecule has 0 amide bonds. The molecule has 3 N–H and O–H groups in total. The number of rotatable bonds is 3. The van der Waals surface area contributed by atoms with Gasteiger partial charge in [0.2, 0.25) is 0 Å². The minimum Gasteiger partial charge on any atom is -0.481 e. The van der Waals surface area contributed by atoms with Gasteiger partial charge in [-0.05, 0) is 12.2 Å². The molecule has 0 radical (unpaired) electrons. The van der Waals surface area contributed by atoms with E-state index in [0.717, 1.165) is 0 Å². The second-order valence-electron chi connectivity index (χ2n) is 3.09. The lowest BCUT2D eigenvalue weighted by Gasteiger charge is -2.30. The monoisotopic (exact) mass is 203 g/mol. The Labute approximate surface area is 82.1 Å². The molecule has 1 saturated heterocycles. The van der Waals surface area contributed by atoms with Crippen molar-refractivity contribution in [1.82, 2.24) is 15.5 Å². The van der Waals surface area contributed by atoms with Crippen molar-refractivity contribution in [1.29, 1.82) is 0 Å². The van der Waals surface area contributed by atoms with Crippen molar-refractivity contribution < 1.29 is 9.90 Å². The Morgan fingerprint density at radius 2 is 2.23 bits per heavy atom. The second kappa shape index (κ2) is 4.38. The Hall–Kier alpha value is -0.880. The van der Waals surface area contributed by atoms with Crippen molar-refractivity contribution in [2.75, 3.05) is 19.9 Å². The van der Waals surface area contributed by atoms with E-state index >= 15 is 0 Å². The average molecular weight is 203 g/mol. The molecule has 0 aromatic rings. The number of carboxylic acid groups (broad SMARTS) is 1. The number of hydrogen-bond acceptors (Lipinski definition) is 3. The molecule has 0 aromatic carbocycles. The normalized spacial score (nSPS) is 20.2. The van der Waals surface area contributed by atoms with Gasteiger partial charge in [-0.1, -0.05) is 6.92 Å². The molecule has 0 aromatic heterocycles. The number of carbonyl (C=O) groups is 1. The lowest BCUT2D eigenvalue weighted by Crippen LogP contribution is -2.55. The summed E-state index contributed by atoms with van der Waals surface area (Å²) in [5.41, 5.74) is 0. The number of carboxylic acids is 1. The Morgan fingerprint density at radius 3 is 2.69 bits per heavy atom. The smallest absolute Gasteiger partial charge is 0.307 e. The number of thiocarbonyl (C=S) groups is 1.